The maximum Gasteiger partial charge on any atom is 0.221 e. The Morgan fingerprint density at radius 3 is 2.80 bits per heavy atom. The van der Waals surface area contributed by atoms with E-state index in [1.807, 2.05) is 6.07 Å². The molecule has 1 aromatic heterocycles. The summed E-state index contributed by atoms with van der Waals surface area (Å²) in [5.41, 5.74) is 7.80. The Balaban J connectivity index is 2.77. The van der Waals surface area contributed by atoms with Crippen molar-refractivity contribution in [2.75, 3.05) is 12.8 Å². The van der Waals surface area contributed by atoms with Crippen molar-refractivity contribution in [3.8, 4) is 5.88 Å². The number of hydrogen-bond acceptors (Lipinski definition) is 3. The normalized spacial score (nSPS) is 10.5. The molecular weight excluding hydrogens is 188 g/mol. The zero-order chi connectivity index (χ0) is 10.8. The number of nitrogens with zero attached hydrogens (tertiary/aromatic N) is 1. The largest absolute Gasteiger partial charge is 0.481 e. The van der Waals surface area contributed by atoms with Crippen LogP contribution in [0.15, 0.2) is 24.4 Å². The number of anilines is 1. The van der Waals surface area contributed by atoms with Gasteiger partial charge in [-0.1, -0.05) is 19.1 Å². The van der Waals surface area contributed by atoms with Gasteiger partial charge in [0.05, 0.1) is 19.0 Å². The van der Waals surface area contributed by atoms with Crippen LogP contribution in [0.5, 0.6) is 5.88 Å². The van der Waals surface area contributed by atoms with Gasteiger partial charge in [-0.2, -0.15) is 0 Å². The van der Waals surface area contributed by atoms with Crippen molar-refractivity contribution in [3.05, 3.63) is 30.0 Å². The van der Waals surface area contributed by atoms with Gasteiger partial charge in [-0.25, -0.2) is 4.98 Å². The van der Waals surface area contributed by atoms with Crippen LogP contribution in [0.3, 0.4) is 0 Å². The Morgan fingerprint density at radius 1 is 1.33 bits per heavy atom. The number of rotatable bonds is 2. The Hall–Kier alpha value is -1.77. The maximum atomic E-state index is 5.85. The number of fused-ring (bicyclic) bond motifs is 1. The number of ether oxygens (including phenoxy) is 1. The summed E-state index contributed by atoms with van der Waals surface area (Å²) in [6, 6.07) is 6.18. The highest BCUT2D eigenvalue weighted by molar-refractivity contribution is 5.95. The molecule has 0 bridgehead atoms. The molecule has 0 fully saturated rings. The van der Waals surface area contributed by atoms with Gasteiger partial charge >= 0.3 is 0 Å². The van der Waals surface area contributed by atoms with Crippen molar-refractivity contribution >= 4 is 16.5 Å². The van der Waals surface area contributed by atoms with Crippen molar-refractivity contribution in [2.45, 2.75) is 13.3 Å². The third-order valence-electron chi connectivity index (χ3n) is 2.55. The van der Waals surface area contributed by atoms with E-state index in [4.69, 9.17) is 10.5 Å². The van der Waals surface area contributed by atoms with Gasteiger partial charge in [0.25, 0.3) is 0 Å². The average molecular weight is 202 g/mol. The van der Waals surface area contributed by atoms with Gasteiger partial charge in [0.2, 0.25) is 5.88 Å². The first-order valence-electron chi connectivity index (χ1n) is 4.97. The molecule has 2 N–H and O–H groups in total. The first kappa shape index (κ1) is 9.77. The van der Waals surface area contributed by atoms with E-state index in [9.17, 15) is 0 Å². The van der Waals surface area contributed by atoms with Crippen molar-refractivity contribution in [1.82, 2.24) is 4.98 Å². The molecule has 0 atom stereocenters. The molecule has 0 saturated heterocycles. The molecule has 1 heterocycles. The summed E-state index contributed by atoms with van der Waals surface area (Å²) in [6.07, 6.45) is 2.63. The molecule has 0 spiro atoms. The Labute approximate surface area is 88.9 Å². The summed E-state index contributed by atoms with van der Waals surface area (Å²) < 4.78 is 5.22. The average Bonchev–Trinajstić information content (AvgIpc) is 2.29. The van der Waals surface area contributed by atoms with E-state index in [1.165, 1.54) is 5.56 Å². The highest BCUT2D eigenvalue weighted by atomic mass is 16.5. The molecule has 78 valence electrons. The Morgan fingerprint density at radius 2 is 2.13 bits per heavy atom. The van der Waals surface area contributed by atoms with E-state index in [-0.39, 0.29) is 0 Å². The van der Waals surface area contributed by atoms with Crippen LogP contribution in [0.1, 0.15) is 12.5 Å². The van der Waals surface area contributed by atoms with E-state index in [1.54, 1.807) is 13.3 Å². The van der Waals surface area contributed by atoms with Gasteiger partial charge in [-0.15, -0.1) is 0 Å². The highest BCUT2D eigenvalue weighted by Gasteiger charge is 2.06. The number of nitrogens with two attached hydrogens (primary N) is 1. The minimum Gasteiger partial charge on any atom is -0.481 e. The second-order valence-electron chi connectivity index (χ2n) is 3.46. The zero-order valence-corrected chi connectivity index (χ0v) is 8.95. The highest BCUT2D eigenvalue weighted by Crippen LogP contribution is 2.28. The molecule has 0 aliphatic carbocycles. The summed E-state index contributed by atoms with van der Waals surface area (Å²) in [7, 11) is 1.62. The predicted octanol–water partition coefficient (Wildman–Crippen LogP) is 2.39. The number of nitrogen functional groups attached to an aromatic ring is 1. The Kier molecular flexibility index (Phi) is 2.46. The molecule has 2 rings (SSSR count). The van der Waals surface area contributed by atoms with Gasteiger partial charge < -0.3 is 10.5 Å². The van der Waals surface area contributed by atoms with Crippen LogP contribution in [-0.4, -0.2) is 12.1 Å². The number of aryl methyl sites for hydroxylation is 1. The molecular formula is C12H14N2O. The Bertz CT molecular complexity index is 494. The minimum atomic E-state index is 0.634. The molecule has 0 aliphatic heterocycles. The van der Waals surface area contributed by atoms with Gasteiger partial charge in [0.1, 0.15) is 0 Å². The van der Waals surface area contributed by atoms with Crippen LogP contribution < -0.4 is 10.5 Å². The topological polar surface area (TPSA) is 48.1 Å². The van der Waals surface area contributed by atoms with Crippen LogP contribution in [0.25, 0.3) is 10.8 Å². The minimum absolute atomic E-state index is 0.634. The van der Waals surface area contributed by atoms with Crippen LogP contribution in [0.4, 0.5) is 5.69 Å². The third-order valence-corrected chi connectivity index (χ3v) is 2.55. The molecule has 1 aromatic carbocycles. The van der Waals surface area contributed by atoms with Gasteiger partial charge in [0, 0.05) is 10.8 Å². The summed E-state index contributed by atoms with van der Waals surface area (Å²) >= 11 is 0. The van der Waals surface area contributed by atoms with Gasteiger partial charge in [0.15, 0.2) is 0 Å². The lowest BCUT2D eigenvalue weighted by atomic mass is 10.1. The summed E-state index contributed by atoms with van der Waals surface area (Å²) in [6.45, 7) is 2.12. The zero-order valence-electron chi connectivity index (χ0n) is 8.95. The van der Waals surface area contributed by atoms with E-state index in [0.717, 1.165) is 17.2 Å². The van der Waals surface area contributed by atoms with Crippen molar-refractivity contribution in [2.24, 2.45) is 0 Å². The van der Waals surface area contributed by atoms with Crippen LogP contribution in [0.2, 0.25) is 0 Å². The number of methoxy groups -OCH3 is 1. The van der Waals surface area contributed by atoms with Gasteiger partial charge in [-0.3, -0.25) is 0 Å². The first-order valence-corrected chi connectivity index (χ1v) is 4.97. The molecule has 0 unspecified atom stereocenters. The monoisotopic (exact) mass is 202 g/mol. The van der Waals surface area contributed by atoms with Crippen molar-refractivity contribution in [3.63, 3.8) is 0 Å². The maximum absolute atomic E-state index is 5.85. The summed E-state index contributed by atoms with van der Waals surface area (Å²) in [4.78, 5) is 4.15. The number of pyridine rings is 1. The SMILES string of the molecule is CCc1ccc2c(N)cnc(OC)c2c1. The van der Waals surface area contributed by atoms with Crippen molar-refractivity contribution in [1.29, 1.82) is 0 Å². The predicted molar refractivity (Wildman–Crippen MR) is 62.1 cm³/mol. The standard InChI is InChI=1S/C12H14N2O/c1-3-8-4-5-9-10(6-8)12(15-2)14-7-11(9)13/h4-7H,3,13H2,1-2H3. The van der Waals surface area contributed by atoms with E-state index in [0.29, 0.717) is 11.6 Å². The quantitative estimate of drug-likeness (QED) is 0.813. The molecule has 0 aliphatic rings. The smallest absolute Gasteiger partial charge is 0.221 e. The van der Waals surface area contributed by atoms with Crippen LogP contribution >= 0.6 is 0 Å². The van der Waals surface area contributed by atoms with Crippen LogP contribution in [-0.2, 0) is 6.42 Å². The lowest BCUT2D eigenvalue weighted by molar-refractivity contribution is 0.403. The summed E-state index contributed by atoms with van der Waals surface area (Å²) in [5.74, 6) is 0.634. The lowest BCUT2D eigenvalue weighted by Gasteiger charge is -2.07. The second-order valence-corrected chi connectivity index (χ2v) is 3.46. The molecule has 15 heavy (non-hydrogen) atoms. The number of hydrogen-bond donors (Lipinski definition) is 1. The van der Waals surface area contributed by atoms with E-state index in [2.05, 4.69) is 24.0 Å². The van der Waals surface area contributed by atoms with Crippen LogP contribution in [0, 0.1) is 0 Å². The van der Waals surface area contributed by atoms with E-state index >= 15 is 0 Å². The number of benzene rings is 1. The van der Waals surface area contributed by atoms with E-state index < -0.39 is 0 Å². The first-order chi connectivity index (χ1) is 7.26. The molecule has 0 radical (unpaired) electrons. The fourth-order valence-corrected chi connectivity index (χ4v) is 1.67. The lowest BCUT2D eigenvalue weighted by Crippen LogP contribution is -1.94. The molecule has 3 nitrogen and oxygen atoms in total. The fourth-order valence-electron chi connectivity index (χ4n) is 1.67. The fraction of sp³-hybridized carbons (Fsp3) is 0.250. The second kappa shape index (κ2) is 3.77. The molecule has 0 saturated carbocycles. The van der Waals surface area contributed by atoms with Gasteiger partial charge in [-0.05, 0) is 18.1 Å². The number of aromatic nitrogens is 1. The third kappa shape index (κ3) is 1.61. The van der Waals surface area contributed by atoms with Crippen molar-refractivity contribution < 1.29 is 4.74 Å². The molecule has 3 heteroatoms. The molecule has 2 aromatic rings. The summed E-state index contributed by atoms with van der Waals surface area (Å²) in [5, 5.41) is 1.98. The molecule has 0 amide bonds.